The van der Waals surface area contributed by atoms with Gasteiger partial charge in [-0.2, -0.15) is 0 Å². The summed E-state index contributed by atoms with van der Waals surface area (Å²) in [5.41, 5.74) is 2.42. The van der Waals surface area contributed by atoms with Gasteiger partial charge in [0.05, 0.1) is 6.10 Å². The van der Waals surface area contributed by atoms with Crippen LogP contribution in [-0.4, -0.2) is 23.9 Å². The fourth-order valence-corrected chi connectivity index (χ4v) is 2.74. The first kappa shape index (κ1) is 14.4. The molecule has 3 nitrogen and oxygen atoms in total. The van der Waals surface area contributed by atoms with Crippen LogP contribution in [0.3, 0.4) is 0 Å². The Morgan fingerprint density at radius 3 is 2.84 bits per heavy atom. The van der Waals surface area contributed by atoms with Crippen molar-refractivity contribution in [2.75, 3.05) is 6.54 Å². The second-order valence-corrected chi connectivity index (χ2v) is 5.48. The highest BCUT2D eigenvalue weighted by atomic mass is 16.5. The van der Waals surface area contributed by atoms with E-state index in [4.69, 9.17) is 4.74 Å². The number of aliphatic hydroxyl groups is 1. The van der Waals surface area contributed by atoms with Crippen LogP contribution < -0.4 is 10.1 Å². The first-order valence-electron chi connectivity index (χ1n) is 7.30. The molecule has 3 unspecified atom stereocenters. The molecule has 3 heteroatoms. The lowest BCUT2D eigenvalue weighted by atomic mass is 10.0. The van der Waals surface area contributed by atoms with Crippen LogP contribution in [0.2, 0.25) is 0 Å². The van der Waals surface area contributed by atoms with Crippen molar-refractivity contribution in [1.29, 1.82) is 0 Å². The van der Waals surface area contributed by atoms with E-state index in [1.807, 2.05) is 6.07 Å². The van der Waals surface area contributed by atoms with Gasteiger partial charge in [0.2, 0.25) is 0 Å². The van der Waals surface area contributed by atoms with Crippen molar-refractivity contribution in [3.05, 3.63) is 29.3 Å². The molecule has 2 rings (SSSR count). The van der Waals surface area contributed by atoms with Crippen LogP contribution in [0.25, 0.3) is 0 Å². The molecule has 0 aromatic heterocycles. The van der Waals surface area contributed by atoms with E-state index in [-0.39, 0.29) is 18.2 Å². The third-order valence-electron chi connectivity index (χ3n) is 3.84. The summed E-state index contributed by atoms with van der Waals surface area (Å²) in [6.45, 7) is 7.28. The van der Waals surface area contributed by atoms with Gasteiger partial charge in [0.25, 0.3) is 0 Å². The summed E-state index contributed by atoms with van der Waals surface area (Å²) in [4.78, 5) is 0. The van der Waals surface area contributed by atoms with Gasteiger partial charge in [0, 0.05) is 11.6 Å². The predicted molar refractivity (Wildman–Crippen MR) is 77.5 cm³/mol. The minimum atomic E-state index is -0.316. The van der Waals surface area contributed by atoms with Crippen molar-refractivity contribution in [3.8, 4) is 5.75 Å². The Balaban J connectivity index is 2.18. The van der Waals surface area contributed by atoms with E-state index in [1.54, 1.807) is 0 Å². The lowest BCUT2D eigenvalue weighted by molar-refractivity contribution is 0.0594. The summed E-state index contributed by atoms with van der Waals surface area (Å²) >= 11 is 0. The topological polar surface area (TPSA) is 41.5 Å². The number of aliphatic hydroxyl groups excluding tert-OH is 1. The largest absolute Gasteiger partial charge is 0.487 e. The van der Waals surface area contributed by atoms with Gasteiger partial charge >= 0.3 is 0 Å². The normalized spacial score (nSPS) is 24.4. The number of benzene rings is 1. The van der Waals surface area contributed by atoms with Crippen LogP contribution in [0.15, 0.2) is 18.2 Å². The maximum Gasteiger partial charge on any atom is 0.124 e. The van der Waals surface area contributed by atoms with E-state index >= 15 is 0 Å². The number of hydrogen-bond acceptors (Lipinski definition) is 3. The van der Waals surface area contributed by atoms with Gasteiger partial charge in [-0.05, 0) is 45.7 Å². The Morgan fingerprint density at radius 1 is 1.42 bits per heavy atom. The van der Waals surface area contributed by atoms with Crippen LogP contribution in [-0.2, 0) is 0 Å². The third kappa shape index (κ3) is 3.48. The van der Waals surface area contributed by atoms with E-state index < -0.39 is 0 Å². The highest BCUT2D eigenvalue weighted by molar-refractivity contribution is 5.39. The summed E-state index contributed by atoms with van der Waals surface area (Å²) in [5.74, 6) is 0.907. The molecule has 1 saturated carbocycles. The number of ether oxygens (including phenoxy) is 1. The molecule has 1 aromatic carbocycles. The average molecular weight is 263 g/mol. The first-order valence-corrected chi connectivity index (χ1v) is 7.30. The van der Waals surface area contributed by atoms with Crippen LogP contribution in [0.5, 0.6) is 5.75 Å². The van der Waals surface area contributed by atoms with Crippen molar-refractivity contribution in [1.82, 2.24) is 5.32 Å². The van der Waals surface area contributed by atoms with Gasteiger partial charge < -0.3 is 15.2 Å². The molecule has 0 saturated heterocycles. The van der Waals surface area contributed by atoms with Gasteiger partial charge in [-0.15, -0.1) is 0 Å². The summed E-state index contributed by atoms with van der Waals surface area (Å²) in [6.07, 6.45) is 2.49. The molecule has 1 aliphatic carbocycles. The maximum atomic E-state index is 9.90. The zero-order chi connectivity index (χ0) is 13.8. The zero-order valence-electron chi connectivity index (χ0n) is 12.1. The van der Waals surface area contributed by atoms with Gasteiger partial charge in [-0.25, -0.2) is 0 Å². The van der Waals surface area contributed by atoms with Crippen molar-refractivity contribution in [2.45, 2.75) is 58.3 Å². The minimum Gasteiger partial charge on any atom is -0.487 e. The molecule has 0 amide bonds. The van der Waals surface area contributed by atoms with E-state index in [9.17, 15) is 5.11 Å². The Kier molecular flexibility index (Phi) is 4.83. The number of hydrogen-bond donors (Lipinski definition) is 2. The van der Waals surface area contributed by atoms with E-state index in [1.165, 1.54) is 11.1 Å². The van der Waals surface area contributed by atoms with Gasteiger partial charge in [-0.3, -0.25) is 0 Å². The van der Waals surface area contributed by atoms with Crippen LogP contribution in [0, 0.1) is 6.92 Å². The molecule has 0 heterocycles. The maximum absolute atomic E-state index is 9.90. The molecule has 0 radical (unpaired) electrons. The lowest BCUT2D eigenvalue weighted by Gasteiger charge is -2.23. The summed E-state index contributed by atoms with van der Waals surface area (Å²) in [7, 11) is 0. The zero-order valence-corrected chi connectivity index (χ0v) is 12.1. The lowest BCUT2D eigenvalue weighted by Crippen LogP contribution is -2.27. The number of rotatable bonds is 5. The van der Waals surface area contributed by atoms with Crippen LogP contribution >= 0.6 is 0 Å². The van der Waals surface area contributed by atoms with Gasteiger partial charge in [0.1, 0.15) is 11.9 Å². The fourth-order valence-electron chi connectivity index (χ4n) is 2.74. The third-order valence-corrected chi connectivity index (χ3v) is 3.84. The highest BCUT2D eigenvalue weighted by Crippen LogP contribution is 2.31. The molecule has 1 aliphatic rings. The standard InChI is InChI=1S/C16H25NO2/c1-4-17-12(3)13-10-11(2)8-9-15(13)19-16-7-5-6-14(16)18/h8-10,12,14,16-18H,4-7H2,1-3H3. The minimum absolute atomic E-state index is 0.0460. The van der Waals surface area contributed by atoms with Gasteiger partial charge in [0.15, 0.2) is 0 Å². The second kappa shape index (κ2) is 6.40. The van der Waals surface area contributed by atoms with Gasteiger partial charge in [-0.1, -0.05) is 24.6 Å². The molecule has 19 heavy (non-hydrogen) atoms. The summed E-state index contributed by atoms with van der Waals surface area (Å²) in [6, 6.07) is 6.53. The second-order valence-electron chi connectivity index (χ2n) is 5.48. The van der Waals surface area contributed by atoms with Crippen LogP contribution in [0.4, 0.5) is 0 Å². The number of aryl methyl sites for hydroxylation is 1. The number of nitrogens with one attached hydrogen (secondary N) is 1. The monoisotopic (exact) mass is 263 g/mol. The first-order chi connectivity index (χ1) is 9.11. The van der Waals surface area contributed by atoms with E-state index in [2.05, 4.69) is 38.2 Å². The van der Waals surface area contributed by atoms with Crippen molar-refractivity contribution in [3.63, 3.8) is 0 Å². The SMILES string of the molecule is CCNC(C)c1cc(C)ccc1OC1CCCC1O. The average Bonchev–Trinajstić information content (AvgIpc) is 2.77. The molecular weight excluding hydrogens is 238 g/mol. The predicted octanol–water partition coefficient (Wildman–Crippen LogP) is 2.96. The summed E-state index contributed by atoms with van der Waals surface area (Å²) < 4.78 is 6.05. The molecule has 3 atom stereocenters. The Labute approximate surface area is 116 Å². The molecule has 106 valence electrons. The van der Waals surface area contributed by atoms with Crippen LogP contribution in [0.1, 0.15) is 50.3 Å². The van der Waals surface area contributed by atoms with E-state index in [0.717, 1.165) is 31.6 Å². The fraction of sp³-hybridized carbons (Fsp3) is 0.625. The molecule has 0 bridgehead atoms. The molecule has 2 N–H and O–H groups in total. The quantitative estimate of drug-likeness (QED) is 0.858. The summed E-state index contributed by atoms with van der Waals surface area (Å²) in [5, 5.41) is 13.3. The smallest absolute Gasteiger partial charge is 0.124 e. The molecule has 0 aliphatic heterocycles. The van der Waals surface area contributed by atoms with Crippen molar-refractivity contribution >= 4 is 0 Å². The Morgan fingerprint density at radius 2 is 2.21 bits per heavy atom. The Bertz CT molecular complexity index is 419. The molecule has 1 fully saturated rings. The molecular formula is C16H25NO2. The Hall–Kier alpha value is -1.06. The molecule has 0 spiro atoms. The van der Waals surface area contributed by atoms with E-state index in [0.29, 0.717) is 0 Å². The highest BCUT2D eigenvalue weighted by Gasteiger charge is 2.27. The van der Waals surface area contributed by atoms with Crippen molar-refractivity contribution in [2.24, 2.45) is 0 Å². The van der Waals surface area contributed by atoms with Crippen molar-refractivity contribution < 1.29 is 9.84 Å². The molecule has 1 aromatic rings.